The normalized spacial score (nSPS) is 26.1. The Morgan fingerprint density at radius 1 is 1.00 bits per heavy atom. The Hall–Kier alpha value is -0.0800. The van der Waals surface area contributed by atoms with Crippen LogP contribution < -0.4 is 10.6 Å². The topological polar surface area (TPSA) is 42.9 Å². The molecule has 5 nitrogen and oxygen atoms in total. The van der Waals surface area contributed by atoms with Gasteiger partial charge in [-0.1, -0.05) is 12.8 Å². The molecule has 1 saturated carbocycles. The van der Waals surface area contributed by atoms with Gasteiger partial charge in [0.25, 0.3) is 0 Å². The molecule has 3 aliphatic rings. The van der Waals surface area contributed by atoms with Crippen LogP contribution in [0.5, 0.6) is 0 Å². The SMILES string of the molecule is CN=C(NCCCCN1CCCC1)NC1CCN(C2CCCC2)C1.I. The van der Waals surface area contributed by atoms with Gasteiger partial charge in [0.2, 0.25) is 0 Å². The third kappa shape index (κ3) is 6.86. The molecule has 0 bridgehead atoms. The van der Waals surface area contributed by atoms with Crippen LogP contribution in [0.3, 0.4) is 0 Å². The lowest BCUT2D eigenvalue weighted by atomic mass is 10.2. The van der Waals surface area contributed by atoms with Crippen molar-refractivity contribution in [1.29, 1.82) is 0 Å². The second-order valence-corrected chi connectivity index (χ2v) is 7.82. The van der Waals surface area contributed by atoms with E-state index in [1.807, 2.05) is 7.05 Å². The largest absolute Gasteiger partial charge is 0.356 e. The minimum absolute atomic E-state index is 0. The summed E-state index contributed by atoms with van der Waals surface area (Å²) in [6.07, 6.45) is 12.3. The van der Waals surface area contributed by atoms with Crippen molar-refractivity contribution in [2.24, 2.45) is 4.99 Å². The number of rotatable bonds is 7. The summed E-state index contributed by atoms with van der Waals surface area (Å²) in [7, 11) is 1.89. The Morgan fingerprint density at radius 3 is 2.48 bits per heavy atom. The van der Waals surface area contributed by atoms with Gasteiger partial charge in [0, 0.05) is 38.8 Å². The fraction of sp³-hybridized carbons (Fsp3) is 0.947. The molecule has 1 unspecified atom stereocenters. The number of nitrogens with zero attached hydrogens (tertiary/aromatic N) is 3. The molecule has 0 aromatic rings. The van der Waals surface area contributed by atoms with Gasteiger partial charge >= 0.3 is 0 Å². The summed E-state index contributed by atoms with van der Waals surface area (Å²) in [6, 6.07) is 1.43. The molecule has 3 rings (SSSR count). The second kappa shape index (κ2) is 11.6. The van der Waals surface area contributed by atoms with Crippen LogP contribution >= 0.6 is 24.0 Å². The highest BCUT2D eigenvalue weighted by molar-refractivity contribution is 14.0. The number of halogens is 1. The van der Waals surface area contributed by atoms with Gasteiger partial charge in [-0.05, 0) is 64.6 Å². The summed E-state index contributed by atoms with van der Waals surface area (Å²) in [5.41, 5.74) is 0. The van der Waals surface area contributed by atoms with E-state index in [0.717, 1.165) is 18.5 Å². The zero-order chi connectivity index (χ0) is 16.6. The third-order valence-electron chi connectivity index (χ3n) is 6.02. The number of guanidine groups is 1. The minimum atomic E-state index is 0. The molecule has 25 heavy (non-hydrogen) atoms. The summed E-state index contributed by atoms with van der Waals surface area (Å²) in [5, 5.41) is 7.15. The van der Waals surface area contributed by atoms with E-state index in [4.69, 9.17) is 0 Å². The van der Waals surface area contributed by atoms with Crippen LogP contribution in [0.15, 0.2) is 4.99 Å². The lowest BCUT2D eigenvalue weighted by Crippen LogP contribution is -2.45. The highest BCUT2D eigenvalue weighted by Crippen LogP contribution is 2.26. The average molecular weight is 463 g/mol. The van der Waals surface area contributed by atoms with Crippen molar-refractivity contribution >= 4 is 29.9 Å². The van der Waals surface area contributed by atoms with E-state index in [1.165, 1.54) is 90.5 Å². The lowest BCUT2D eigenvalue weighted by molar-refractivity contribution is 0.242. The zero-order valence-electron chi connectivity index (χ0n) is 16.0. The molecular formula is C19H38IN5. The Morgan fingerprint density at radius 2 is 1.76 bits per heavy atom. The molecule has 0 aromatic carbocycles. The monoisotopic (exact) mass is 463 g/mol. The van der Waals surface area contributed by atoms with Crippen LogP contribution in [0, 0.1) is 0 Å². The first-order valence-electron chi connectivity index (χ1n) is 10.3. The van der Waals surface area contributed by atoms with Crippen LogP contribution in [-0.4, -0.2) is 74.2 Å². The molecule has 0 aromatic heterocycles. The quantitative estimate of drug-likeness (QED) is 0.264. The fourth-order valence-electron chi connectivity index (χ4n) is 4.57. The van der Waals surface area contributed by atoms with Gasteiger partial charge < -0.3 is 15.5 Å². The Kier molecular flexibility index (Phi) is 9.84. The van der Waals surface area contributed by atoms with Crippen LogP contribution in [-0.2, 0) is 0 Å². The van der Waals surface area contributed by atoms with E-state index >= 15 is 0 Å². The summed E-state index contributed by atoms with van der Waals surface area (Å²) < 4.78 is 0. The van der Waals surface area contributed by atoms with E-state index in [-0.39, 0.29) is 24.0 Å². The third-order valence-corrected chi connectivity index (χ3v) is 6.02. The van der Waals surface area contributed by atoms with E-state index in [9.17, 15) is 0 Å². The minimum Gasteiger partial charge on any atom is -0.356 e. The smallest absolute Gasteiger partial charge is 0.191 e. The van der Waals surface area contributed by atoms with Gasteiger partial charge in [-0.15, -0.1) is 24.0 Å². The van der Waals surface area contributed by atoms with Gasteiger partial charge in [0.15, 0.2) is 5.96 Å². The molecule has 2 saturated heterocycles. The number of hydrogen-bond acceptors (Lipinski definition) is 3. The van der Waals surface area contributed by atoms with Crippen LogP contribution in [0.2, 0.25) is 0 Å². The maximum absolute atomic E-state index is 4.41. The van der Waals surface area contributed by atoms with Crippen molar-refractivity contribution in [3.63, 3.8) is 0 Å². The van der Waals surface area contributed by atoms with Crippen LogP contribution in [0.1, 0.15) is 57.8 Å². The van der Waals surface area contributed by atoms with Crippen molar-refractivity contribution in [3.8, 4) is 0 Å². The first-order valence-corrected chi connectivity index (χ1v) is 10.3. The predicted octanol–water partition coefficient (Wildman–Crippen LogP) is 2.66. The van der Waals surface area contributed by atoms with Crippen molar-refractivity contribution in [3.05, 3.63) is 0 Å². The van der Waals surface area contributed by atoms with Gasteiger partial charge in [0.1, 0.15) is 0 Å². The van der Waals surface area contributed by atoms with E-state index in [2.05, 4.69) is 25.4 Å². The number of aliphatic imine (C=N–C) groups is 1. The molecule has 6 heteroatoms. The fourth-order valence-corrected chi connectivity index (χ4v) is 4.57. The summed E-state index contributed by atoms with van der Waals surface area (Å²) in [4.78, 5) is 9.72. The first kappa shape index (κ1) is 21.2. The number of hydrogen-bond donors (Lipinski definition) is 2. The molecule has 146 valence electrons. The molecule has 1 atom stereocenters. The maximum atomic E-state index is 4.41. The first-order chi connectivity index (χ1) is 11.8. The van der Waals surface area contributed by atoms with Crippen LogP contribution in [0.4, 0.5) is 0 Å². The molecule has 1 aliphatic carbocycles. The molecule has 2 N–H and O–H groups in total. The molecule has 0 spiro atoms. The van der Waals surface area contributed by atoms with Crippen molar-refractivity contribution < 1.29 is 0 Å². The summed E-state index contributed by atoms with van der Waals surface area (Å²) >= 11 is 0. The van der Waals surface area contributed by atoms with Gasteiger partial charge in [0.05, 0.1) is 0 Å². The summed E-state index contributed by atoms with van der Waals surface area (Å²) in [5.74, 6) is 0.995. The van der Waals surface area contributed by atoms with Crippen molar-refractivity contribution in [2.45, 2.75) is 69.9 Å². The standard InChI is InChI=1S/C19H37N5.HI/c1-20-19(21-11-4-5-12-23-13-6-7-14-23)22-17-10-15-24(16-17)18-8-2-3-9-18;/h17-18H,2-16H2,1H3,(H2,20,21,22);1H. The van der Waals surface area contributed by atoms with E-state index in [1.54, 1.807) is 0 Å². The van der Waals surface area contributed by atoms with Crippen LogP contribution in [0.25, 0.3) is 0 Å². The molecule has 2 heterocycles. The highest BCUT2D eigenvalue weighted by atomic mass is 127. The maximum Gasteiger partial charge on any atom is 0.191 e. The molecule has 3 fully saturated rings. The van der Waals surface area contributed by atoms with E-state index in [0.29, 0.717) is 6.04 Å². The Bertz CT molecular complexity index is 391. The van der Waals surface area contributed by atoms with Crippen molar-refractivity contribution in [2.75, 3.05) is 46.3 Å². The second-order valence-electron chi connectivity index (χ2n) is 7.82. The van der Waals surface area contributed by atoms with Gasteiger partial charge in [-0.25, -0.2) is 0 Å². The van der Waals surface area contributed by atoms with Gasteiger partial charge in [-0.3, -0.25) is 9.89 Å². The lowest BCUT2D eigenvalue weighted by Gasteiger charge is -2.24. The summed E-state index contributed by atoms with van der Waals surface area (Å²) in [6.45, 7) is 7.39. The number of likely N-dealkylation sites (tertiary alicyclic amines) is 2. The van der Waals surface area contributed by atoms with Crippen molar-refractivity contribution in [1.82, 2.24) is 20.4 Å². The zero-order valence-corrected chi connectivity index (χ0v) is 18.3. The predicted molar refractivity (Wildman–Crippen MR) is 117 cm³/mol. The molecule has 0 radical (unpaired) electrons. The Labute approximate surface area is 171 Å². The molecule has 2 aliphatic heterocycles. The highest BCUT2D eigenvalue weighted by Gasteiger charge is 2.30. The Balaban J connectivity index is 0.00000225. The number of nitrogens with one attached hydrogen (secondary N) is 2. The number of unbranched alkanes of at least 4 members (excludes halogenated alkanes) is 1. The molecular weight excluding hydrogens is 425 g/mol. The van der Waals surface area contributed by atoms with E-state index < -0.39 is 0 Å². The molecule has 0 amide bonds. The van der Waals surface area contributed by atoms with Gasteiger partial charge in [-0.2, -0.15) is 0 Å². The average Bonchev–Trinajstić information content (AvgIpc) is 3.34.